The molecule has 0 bridgehead atoms. The smallest absolute Gasteiger partial charge is 0.196 e. The number of benzene rings is 3. The summed E-state index contributed by atoms with van der Waals surface area (Å²) >= 11 is 3.40. The Hall–Kier alpha value is -2.13. The van der Waals surface area contributed by atoms with Gasteiger partial charge in [-0.15, -0.1) is 0 Å². The molecule has 0 radical (unpaired) electrons. The third-order valence-electron chi connectivity index (χ3n) is 3.42. The Kier molecular flexibility index (Phi) is 3.76. The first-order valence-electron chi connectivity index (χ1n) is 6.56. The van der Waals surface area contributed by atoms with Crippen LogP contribution in [0.1, 0.15) is 15.9 Å². The monoisotopic (exact) mass is 340 g/mol. The van der Waals surface area contributed by atoms with Gasteiger partial charge in [0.15, 0.2) is 5.78 Å². The number of methoxy groups -OCH3 is 1. The molecule has 0 fully saturated rings. The maximum atomic E-state index is 12.7. The van der Waals surface area contributed by atoms with Crippen LogP contribution in [0.5, 0.6) is 5.75 Å². The van der Waals surface area contributed by atoms with Crippen molar-refractivity contribution in [3.63, 3.8) is 0 Å². The second-order valence-corrected chi connectivity index (χ2v) is 5.65. The zero-order chi connectivity index (χ0) is 14.8. The molecule has 3 rings (SSSR count). The summed E-state index contributed by atoms with van der Waals surface area (Å²) in [5.74, 6) is 0.537. The van der Waals surface area contributed by atoms with E-state index >= 15 is 0 Å². The van der Waals surface area contributed by atoms with Crippen LogP contribution in [0.15, 0.2) is 65.1 Å². The molecule has 3 aromatic rings. The molecule has 0 saturated carbocycles. The van der Waals surface area contributed by atoms with E-state index in [1.165, 1.54) is 0 Å². The molecule has 0 aliphatic carbocycles. The molecule has 0 spiro atoms. The maximum absolute atomic E-state index is 12.7. The van der Waals surface area contributed by atoms with Crippen molar-refractivity contribution in [3.05, 3.63) is 76.3 Å². The Bertz CT molecular complexity index is 824. The molecule has 2 nitrogen and oxygen atoms in total. The summed E-state index contributed by atoms with van der Waals surface area (Å²) in [6.45, 7) is 0. The van der Waals surface area contributed by atoms with Crippen LogP contribution in [0.3, 0.4) is 0 Å². The molecule has 104 valence electrons. The average molecular weight is 341 g/mol. The first-order chi connectivity index (χ1) is 10.2. The van der Waals surface area contributed by atoms with Gasteiger partial charge in [0.2, 0.25) is 0 Å². The first-order valence-corrected chi connectivity index (χ1v) is 7.35. The van der Waals surface area contributed by atoms with Gasteiger partial charge in [-0.3, -0.25) is 4.79 Å². The zero-order valence-electron chi connectivity index (χ0n) is 11.5. The number of ketones is 1. The van der Waals surface area contributed by atoms with Crippen LogP contribution in [0.4, 0.5) is 0 Å². The number of carbonyl (C=O) groups excluding carboxylic acids is 1. The van der Waals surface area contributed by atoms with E-state index in [4.69, 9.17) is 4.74 Å². The highest BCUT2D eigenvalue weighted by Gasteiger charge is 2.15. The van der Waals surface area contributed by atoms with Crippen molar-refractivity contribution in [2.45, 2.75) is 0 Å². The number of halogens is 1. The Morgan fingerprint density at radius 2 is 1.71 bits per heavy atom. The summed E-state index contributed by atoms with van der Waals surface area (Å²) in [6.07, 6.45) is 0. The minimum atomic E-state index is -0.0427. The molecule has 0 aliphatic heterocycles. The van der Waals surface area contributed by atoms with Crippen molar-refractivity contribution in [3.8, 4) is 5.75 Å². The molecule has 0 unspecified atom stereocenters. The van der Waals surface area contributed by atoms with Gasteiger partial charge in [-0.25, -0.2) is 0 Å². The molecule has 0 amide bonds. The molecule has 3 aromatic carbocycles. The van der Waals surface area contributed by atoms with Crippen molar-refractivity contribution < 1.29 is 9.53 Å². The van der Waals surface area contributed by atoms with Gasteiger partial charge >= 0.3 is 0 Å². The zero-order valence-corrected chi connectivity index (χ0v) is 13.1. The van der Waals surface area contributed by atoms with Gasteiger partial charge in [0.1, 0.15) is 5.75 Å². The van der Waals surface area contributed by atoms with Gasteiger partial charge in [-0.2, -0.15) is 0 Å². The maximum Gasteiger partial charge on any atom is 0.196 e. The second kappa shape index (κ2) is 5.70. The minimum absolute atomic E-state index is 0.0427. The van der Waals surface area contributed by atoms with E-state index in [0.29, 0.717) is 16.9 Å². The lowest BCUT2D eigenvalue weighted by Crippen LogP contribution is -2.04. The van der Waals surface area contributed by atoms with Gasteiger partial charge < -0.3 is 4.74 Å². The van der Waals surface area contributed by atoms with Crippen LogP contribution in [-0.4, -0.2) is 12.9 Å². The largest absolute Gasteiger partial charge is 0.496 e. The average Bonchev–Trinajstić information content (AvgIpc) is 2.53. The lowest BCUT2D eigenvalue weighted by Gasteiger charge is -2.09. The molecule has 0 heterocycles. The van der Waals surface area contributed by atoms with Gasteiger partial charge in [0, 0.05) is 10.0 Å². The number of carbonyl (C=O) groups is 1. The Balaban J connectivity index is 2.10. The van der Waals surface area contributed by atoms with E-state index in [1.807, 2.05) is 48.5 Å². The van der Waals surface area contributed by atoms with Crippen molar-refractivity contribution in [1.29, 1.82) is 0 Å². The summed E-state index contributed by atoms with van der Waals surface area (Å²) < 4.78 is 6.14. The van der Waals surface area contributed by atoms with Gasteiger partial charge in [0.05, 0.1) is 12.7 Å². The number of rotatable bonds is 3. The van der Waals surface area contributed by atoms with Gasteiger partial charge in [0.25, 0.3) is 0 Å². The van der Waals surface area contributed by atoms with Crippen LogP contribution in [0, 0.1) is 0 Å². The van der Waals surface area contributed by atoms with E-state index < -0.39 is 0 Å². The minimum Gasteiger partial charge on any atom is -0.496 e. The SMILES string of the molecule is COc1ccc(Br)cc1C(=O)c1ccc2ccccc2c1. The van der Waals surface area contributed by atoms with Crippen LogP contribution < -0.4 is 4.74 Å². The Morgan fingerprint density at radius 1 is 0.952 bits per heavy atom. The van der Waals surface area contributed by atoms with Crippen LogP contribution >= 0.6 is 15.9 Å². The van der Waals surface area contributed by atoms with Crippen molar-refractivity contribution >= 4 is 32.5 Å². The Morgan fingerprint density at radius 3 is 2.48 bits per heavy atom. The third-order valence-corrected chi connectivity index (χ3v) is 3.91. The lowest BCUT2D eigenvalue weighted by atomic mass is 9.99. The molecule has 0 aromatic heterocycles. The summed E-state index contributed by atoms with van der Waals surface area (Å²) in [7, 11) is 1.57. The fraction of sp³-hybridized carbons (Fsp3) is 0.0556. The number of hydrogen-bond donors (Lipinski definition) is 0. The molecule has 3 heteroatoms. The van der Waals surface area contributed by atoms with Crippen molar-refractivity contribution in [1.82, 2.24) is 0 Å². The quantitative estimate of drug-likeness (QED) is 0.637. The number of ether oxygens (including phenoxy) is 1. The topological polar surface area (TPSA) is 26.3 Å². The molecular formula is C18H13BrO2. The van der Waals surface area contributed by atoms with E-state index in [-0.39, 0.29) is 5.78 Å². The molecule has 0 atom stereocenters. The van der Waals surface area contributed by atoms with Crippen molar-refractivity contribution in [2.24, 2.45) is 0 Å². The summed E-state index contributed by atoms with van der Waals surface area (Å²) in [5.41, 5.74) is 1.22. The predicted molar refractivity (Wildman–Crippen MR) is 88.1 cm³/mol. The second-order valence-electron chi connectivity index (χ2n) is 4.74. The summed E-state index contributed by atoms with van der Waals surface area (Å²) in [4.78, 5) is 12.7. The molecule has 21 heavy (non-hydrogen) atoms. The van der Waals surface area contributed by atoms with Crippen LogP contribution in [-0.2, 0) is 0 Å². The number of hydrogen-bond acceptors (Lipinski definition) is 2. The molecule has 0 aliphatic rings. The van der Waals surface area contributed by atoms with Gasteiger partial charge in [-0.1, -0.05) is 52.3 Å². The van der Waals surface area contributed by atoms with Crippen LogP contribution in [0.25, 0.3) is 10.8 Å². The van der Waals surface area contributed by atoms with E-state index in [0.717, 1.165) is 15.2 Å². The normalized spacial score (nSPS) is 10.6. The molecular weight excluding hydrogens is 328 g/mol. The third kappa shape index (κ3) is 2.69. The highest BCUT2D eigenvalue weighted by Crippen LogP contribution is 2.26. The number of fused-ring (bicyclic) bond motifs is 1. The fourth-order valence-corrected chi connectivity index (χ4v) is 2.70. The highest BCUT2D eigenvalue weighted by atomic mass is 79.9. The standard InChI is InChI=1S/C18H13BrO2/c1-21-17-9-8-15(19)11-16(17)18(20)14-7-6-12-4-2-3-5-13(12)10-14/h2-11H,1H3. The molecule has 0 N–H and O–H groups in total. The van der Waals surface area contributed by atoms with E-state index in [2.05, 4.69) is 15.9 Å². The summed E-state index contributed by atoms with van der Waals surface area (Å²) in [6, 6.07) is 19.2. The van der Waals surface area contributed by atoms with Gasteiger partial charge in [-0.05, 0) is 35.0 Å². The predicted octanol–water partition coefficient (Wildman–Crippen LogP) is 4.84. The van der Waals surface area contributed by atoms with Crippen molar-refractivity contribution in [2.75, 3.05) is 7.11 Å². The molecule has 0 saturated heterocycles. The highest BCUT2D eigenvalue weighted by molar-refractivity contribution is 9.10. The fourth-order valence-electron chi connectivity index (χ4n) is 2.34. The first kappa shape index (κ1) is 13.8. The summed E-state index contributed by atoms with van der Waals surface area (Å²) in [5, 5.41) is 2.17. The van der Waals surface area contributed by atoms with E-state index in [9.17, 15) is 4.79 Å². The lowest BCUT2D eigenvalue weighted by molar-refractivity contribution is 0.103. The van der Waals surface area contributed by atoms with Crippen LogP contribution in [0.2, 0.25) is 0 Å². The van der Waals surface area contributed by atoms with E-state index in [1.54, 1.807) is 19.2 Å². The Labute approximate surface area is 131 Å².